The molecule has 1 aliphatic rings. The first kappa shape index (κ1) is 11.6. The Bertz CT molecular complexity index is 325. The minimum Gasteiger partial charge on any atom is -0.328 e. The standard InChI is InChI=1S/C14H22N2/c1-3-14(16-13-8-12(15)9-13)11-6-4-10(2)5-7-11/h4-7,12-14,16H,3,8-9,15H2,1-2H3. The smallest absolute Gasteiger partial charge is 0.0320 e. The summed E-state index contributed by atoms with van der Waals surface area (Å²) in [5.74, 6) is 0. The fraction of sp³-hybridized carbons (Fsp3) is 0.571. The van der Waals surface area contributed by atoms with E-state index >= 15 is 0 Å². The summed E-state index contributed by atoms with van der Waals surface area (Å²) in [6.45, 7) is 4.36. The highest BCUT2D eigenvalue weighted by Crippen LogP contribution is 2.24. The van der Waals surface area contributed by atoms with Gasteiger partial charge in [-0.3, -0.25) is 0 Å². The first-order valence-corrected chi connectivity index (χ1v) is 6.27. The summed E-state index contributed by atoms with van der Waals surface area (Å²) >= 11 is 0. The molecule has 1 fully saturated rings. The molecule has 0 aromatic heterocycles. The Balaban J connectivity index is 1.96. The van der Waals surface area contributed by atoms with Crippen LogP contribution in [0.4, 0.5) is 0 Å². The average Bonchev–Trinajstić information content (AvgIpc) is 2.24. The van der Waals surface area contributed by atoms with E-state index in [1.54, 1.807) is 0 Å². The molecule has 0 heterocycles. The van der Waals surface area contributed by atoms with E-state index in [0.717, 1.165) is 19.3 Å². The molecular formula is C14H22N2. The van der Waals surface area contributed by atoms with Gasteiger partial charge in [-0.2, -0.15) is 0 Å². The van der Waals surface area contributed by atoms with Crippen molar-refractivity contribution in [1.82, 2.24) is 5.32 Å². The van der Waals surface area contributed by atoms with Gasteiger partial charge in [-0.05, 0) is 31.7 Å². The fourth-order valence-corrected chi connectivity index (χ4v) is 2.33. The minimum atomic E-state index is 0.424. The maximum absolute atomic E-state index is 5.80. The molecule has 0 aliphatic heterocycles. The molecule has 1 aromatic rings. The minimum absolute atomic E-state index is 0.424. The van der Waals surface area contributed by atoms with Crippen molar-refractivity contribution in [3.05, 3.63) is 35.4 Å². The van der Waals surface area contributed by atoms with Gasteiger partial charge in [0.1, 0.15) is 0 Å². The number of benzene rings is 1. The highest BCUT2D eigenvalue weighted by molar-refractivity contribution is 5.24. The van der Waals surface area contributed by atoms with Crippen LogP contribution < -0.4 is 11.1 Å². The van der Waals surface area contributed by atoms with Crippen LogP contribution in [0.15, 0.2) is 24.3 Å². The largest absolute Gasteiger partial charge is 0.328 e. The highest BCUT2D eigenvalue weighted by atomic mass is 15.0. The van der Waals surface area contributed by atoms with E-state index in [2.05, 4.69) is 43.4 Å². The average molecular weight is 218 g/mol. The Hall–Kier alpha value is -0.860. The third kappa shape index (κ3) is 2.63. The van der Waals surface area contributed by atoms with Gasteiger partial charge in [-0.25, -0.2) is 0 Å². The number of hydrogen-bond acceptors (Lipinski definition) is 2. The number of nitrogens with one attached hydrogen (secondary N) is 1. The molecule has 1 atom stereocenters. The van der Waals surface area contributed by atoms with E-state index in [1.807, 2.05) is 0 Å². The molecule has 0 saturated heterocycles. The number of aryl methyl sites for hydroxylation is 1. The molecule has 0 amide bonds. The zero-order valence-electron chi connectivity index (χ0n) is 10.2. The summed E-state index contributed by atoms with van der Waals surface area (Å²) in [4.78, 5) is 0. The molecule has 1 aliphatic carbocycles. The quantitative estimate of drug-likeness (QED) is 0.815. The summed E-state index contributed by atoms with van der Waals surface area (Å²) in [6.07, 6.45) is 3.39. The Kier molecular flexibility index (Phi) is 3.62. The van der Waals surface area contributed by atoms with Crippen molar-refractivity contribution < 1.29 is 0 Å². The van der Waals surface area contributed by atoms with Crippen LogP contribution in [-0.2, 0) is 0 Å². The van der Waals surface area contributed by atoms with Crippen LogP contribution in [0, 0.1) is 6.92 Å². The topological polar surface area (TPSA) is 38.0 Å². The number of rotatable bonds is 4. The third-order valence-electron chi connectivity index (χ3n) is 3.50. The monoisotopic (exact) mass is 218 g/mol. The van der Waals surface area contributed by atoms with Crippen molar-refractivity contribution in [2.45, 2.75) is 51.2 Å². The zero-order chi connectivity index (χ0) is 11.5. The maximum atomic E-state index is 5.80. The van der Waals surface area contributed by atoms with Gasteiger partial charge in [0.05, 0.1) is 0 Å². The first-order chi connectivity index (χ1) is 7.69. The molecule has 0 bridgehead atoms. The van der Waals surface area contributed by atoms with E-state index in [1.165, 1.54) is 11.1 Å². The zero-order valence-corrected chi connectivity index (χ0v) is 10.2. The second kappa shape index (κ2) is 4.98. The lowest BCUT2D eigenvalue weighted by Gasteiger charge is -2.36. The summed E-state index contributed by atoms with van der Waals surface area (Å²) < 4.78 is 0. The van der Waals surface area contributed by atoms with Gasteiger partial charge in [0.15, 0.2) is 0 Å². The number of nitrogens with two attached hydrogens (primary N) is 1. The maximum Gasteiger partial charge on any atom is 0.0320 e. The summed E-state index contributed by atoms with van der Waals surface area (Å²) in [6, 6.07) is 10.4. The fourth-order valence-electron chi connectivity index (χ4n) is 2.33. The molecule has 88 valence electrons. The van der Waals surface area contributed by atoms with Crippen molar-refractivity contribution in [3.8, 4) is 0 Å². The first-order valence-electron chi connectivity index (χ1n) is 6.27. The van der Waals surface area contributed by atoms with Gasteiger partial charge < -0.3 is 11.1 Å². The van der Waals surface area contributed by atoms with Crippen LogP contribution in [-0.4, -0.2) is 12.1 Å². The Morgan fingerprint density at radius 3 is 2.44 bits per heavy atom. The Labute approximate surface area is 98.2 Å². The molecule has 2 rings (SSSR count). The van der Waals surface area contributed by atoms with Gasteiger partial charge >= 0.3 is 0 Å². The van der Waals surface area contributed by atoms with E-state index in [-0.39, 0.29) is 0 Å². The van der Waals surface area contributed by atoms with Crippen LogP contribution in [0.25, 0.3) is 0 Å². The molecule has 0 radical (unpaired) electrons. The van der Waals surface area contributed by atoms with Crippen LogP contribution >= 0.6 is 0 Å². The van der Waals surface area contributed by atoms with Gasteiger partial charge in [-0.15, -0.1) is 0 Å². The van der Waals surface area contributed by atoms with Gasteiger partial charge in [0.2, 0.25) is 0 Å². The summed E-state index contributed by atoms with van der Waals surface area (Å²) in [5.41, 5.74) is 8.52. The lowest BCUT2D eigenvalue weighted by atomic mass is 9.86. The lowest BCUT2D eigenvalue weighted by molar-refractivity contribution is 0.264. The molecule has 2 heteroatoms. The molecule has 1 saturated carbocycles. The van der Waals surface area contributed by atoms with Gasteiger partial charge in [0, 0.05) is 18.1 Å². The number of hydrogen-bond donors (Lipinski definition) is 2. The van der Waals surface area contributed by atoms with Crippen molar-refractivity contribution >= 4 is 0 Å². The predicted molar refractivity (Wildman–Crippen MR) is 68.3 cm³/mol. The highest BCUT2D eigenvalue weighted by Gasteiger charge is 2.27. The van der Waals surface area contributed by atoms with Crippen molar-refractivity contribution in [2.24, 2.45) is 5.73 Å². The van der Waals surface area contributed by atoms with Crippen LogP contribution in [0.5, 0.6) is 0 Å². The third-order valence-corrected chi connectivity index (χ3v) is 3.50. The molecule has 1 aromatic carbocycles. The van der Waals surface area contributed by atoms with Crippen LogP contribution in [0.2, 0.25) is 0 Å². The van der Waals surface area contributed by atoms with E-state index in [4.69, 9.17) is 5.73 Å². The molecule has 2 nitrogen and oxygen atoms in total. The van der Waals surface area contributed by atoms with E-state index < -0.39 is 0 Å². The van der Waals surface area contributed by atoms with Crippen molar-refractivity contribution in [1.29, 1.82) is 0 Å². The molecule has 0 spiro atoms. The normalized spacial score (nSPS) is 26.2. The molecule has 16 heavy (non-hydrogen) atoms. The molecule has 1 unspecified atom stereocenters. The summed E-state index contributed by atoms with van der Waals surface area (Å²) in [7, 11) is 0. The Morgan fingerprint density at radius 2 is 1.94 bits per heavy atom. The second-order valence-corrected chi connectivity index (χ2v) is 4.97. The van der Waals surface area contributed by atoms with E-state index in [9.17, 15) is 0 Å². The van der Waals surface area contributed by atoms with Crippen LogP contribution in [0.3, 0.4) is 0 Å². The Morgan fingerprint density at radius 1 is 1.31 bits per heavy atom. The van der Waals surface area contributed by atoms with Crippen LogP contribution in [0.1, 0.15) is 43.4 Å². The van der Waals surface area contributed by atoms with Gasteiger partial charge in [-0.1, -0.05) is 36.8 Å². The van der Waals surface area contributed by atoms with Crippen molar-refractivity contribution in [3.63, 3.8) is 0 Å². The predicted octanol–water partition coefficient (Wildman–Crippen LogP) is 2.53. The van der Waals surface area contributed by atoms with E-state index in [0.29, 0.717) is 18.1 Å². The lowest BCUT2D eigenvalue weighted by Crippen LogP contribution is -2.49. The van der Waals surface area contributed by atoms with Gasteiger partial charge in [0.25, 0.3) is 0 Å². The van der Waals surface area contributed by atoms with Crippen molar-refractivity contribution in [2.75, 3.05) is 0 Å². The second-order valence-electron chi connectivity index (χ2n) is 4.97. The SMILES string of the molecule is CCC(NC1CC(N)C1)c1ccc(C)cc1. The molecular weight excluding hydrogens is 196 g/mol. The summed E-state index contributed by atoms with van der Waals surface area (Å²) in [5, 5.41) is 3.69. The molecule has 3 N–H and O–H groups in total.